The van der Waals surface area contributed by atoms with Gasteiger partial charge in [0.2, 0.25) is 5.91 Å². The second-order valence-electron chi connectivity index (χ2n) is 8.18. The third kappa shape index (κ3) is 3.10. The van der Waals surface area contributed by atoms with Gasteiger partial charge < -0.3 is 20.1 Å². The summed E-state index contributed by atoms with van der Waals surface area (Å²) in [6.07, 6.45) is 1.65. The molecule has 1 aliphatic heterocycles. The van der Waals surface area contributed by atoms with Gasteiger partial charge in [-0.05, 0) is 49.1 Å². The molecule has 3 fully saturated rings. The number of benzene rings is 2. The summed E-state index contributed by atoms with van der Waals surface area (Å²) >= 11 is 0. The molecule has 7 heteroatoms. The van der Waals surface area contributed by atoms with Crippen molar-refractivity contribution in [3.05, 3.63) is 54.1 Å². The van der Waals surface area contributed by atoms with Crippen molar-refractivity contribution in [3.63, 3.8) is 0 Å². The first-order valence-corrected chi connectivity index (χ1v) is 10.1. The molecule has 154 valence electrons. The molecule has 5 unspecified atom stereocenters. The van der Waals surface area contributed by atoms with E-state index in [-0.39, 0.29) is 47.6 Å². The topological polar surface area (TPSA) is 93.7 Å². The number of methoxy groups -OCH3 is 1. The van der Waals surface area contributed by atoms with Crippen LogP contribution in [0.4, 0.5) is 11.4 Å². The van der Waals surface area contributed by atoms with Crippen LogP contribution in [-0.2, 0) is 14.3 Å². The van der Waals surface area contributed by atoms with Crippen LogP contribution in [0.2, 0.25) is 0 Å². The first kappa shape index (κ1) is 18.7. The summed E-state index contributed by atoms with van der Waals surface area (Å²) in [6.45, 7) is 0. The third-order valence-corrected chi connectivity index (χ3v) is 6.51. The molecule has 0 spiro atoms. The number of carbonyl (C=O) groups excluding carboxylic acids is 3. The molecule has 2 amide bonds. The summed E-state index contributed by atoms with van der Waals surface area (Å²) in [5.74, 6) is -0.362. The number of hydrogen-bond acceptors (Lipinski definition) is 5. The molecule has 0 radical (unpaired) electrons. The van der Waals surface area contributed by atoms with E-state index in [9.17, 15) is 14.4 Å². The highest BCUT2D eigenvalue weighted by atomic mass is 16.6. The lowest BCUT2D eigenvalue weighted by atomic mass is 9.79. The largest absolute Gasteiger partial charge is 0.497 e. The van der Waals surface area contributed by atoms with Crippen LogP contribution in [0.25, 0.3) is 0 Å². The highest BCUT2D eigenvalue weighted by molar-refractivity contribution is 6.05. The molecule has 30 heavy (non-hydrogen) atoms. The fraction of sp³-hybridized carbons (Fsp3) is 0.348. The smallest absolute Gasteiger partial charge is 0.310 e. The van der Waals surface area contributed by atoms with Crippen molar-refractivity contribution >= 4 is 29.2 Å². The van der Waals surface area contributed by atoms with Gasteiger partial charge in [0.1, 0.15) is 11.9 Å². The van der Waals surface area contributed by atoms with Crippen LogP contribution in [-0.4, -0.2) is 31.0 Å². The van der Waals surface area contributed by atoms with E-state index in [1.807, 2.05) is 0 Å². The van der Waals surface area contributed by atoms with E-state index in [2.05, 4.69) is 10.6 Å². The predicted octanol–water partition coefficient (Wildman–Crippen LogP) is 3.08. The highest BCUT2D eigenvalue weighted by Gasteiger charge is 2.63. The standard InChI is InChI=1S/C23H22N2O5/c1-29-16-7-3-6-15(11-16)24-21(26)12-4-2-5-14(8-12)25-22(27)19-13-9-17-18(10-13)30-23(28)20(17)19/h2-8,11,13,17-20H,9-10H2,1H3,(H,24,26)(H,25,27). The Balaban J connectivity index is 1.29. The molecule has 7 nitrogen and oxygen atoms in total. The van der Waals surface area contributed by atoms with Crippen molar-refractivity contribution in [3.8, 4) is 5.75 Å². The summed E-state index contributed by atoms with van der Waals surface area (Å²) in [4.78, 5) is 37.7. The Morgan fingerprint density at radius 2 is 1.80 bits per heavy atom. The number of hydrogen-bond donors (Lipinski definition) is 2. The second-order valence-corrected chi connectivity index (χ2v) is 8.18. The second kappa shape index (κ2) is 7.16. The molecule has 5 rings (SSSR count). The molecule has 2 bridgehead atoms. The molecule has 2 aromatic carbocycles. The Morgan fingerprint density at radius 1 is 1.03 bits per heavy atom. The van der Waals surface area contributed by atoms with Gasteiger partial charge in [-0.1, -0.05) is 12.1 Å². The molecule has 2 saturated carbocycles. The van der Waals surface area contributed by atoms with Gasteiger partial charge in [0.25, 0.3) is 5.91 Å². The summed E-state index contributed by atoms with van der Waals surface area (Å²) in [7, 11) is 1.56. The lowest BCUT2D eigenvalue weighted by Gasteiger charge is -2.23. The normalized spacial score (nSPS) is 28.2. The molecule has 2 aromatic rings. The lowest BCUT2D eigenvalue weighted by Crippen LogP contribution is -2.35. The first-order chi connectivity index (χ1) is 14.5. The van der Waals surface area contributed by atoms with Gasteiger partial charge in [-0.2, -0.15) is 0 Å². The van der Waals surface area contributed by atoms with E-state index in [1.165, 1.54) is 0 Å². The van der Waals surface area contributed by atoms with Gasteiger partial charge in [0.05, 0.1) is 18.9 Å². The van der Waals surface area contributed by atoms with Crippen LogP contribution in [0.1, 0.15) is 23.2 Å². The van der Waals surface area contributed by atoms with Crippen molar-refractivity contribution in [2.75, 3.05) is 17.7 Å². The summed E-state index contributed by atoms with van der Waals surface area (Å²) < 4.78 is 10.6. The van der Waals surface area contributed by atoms with Gasteiger partial charge in [0, 0.05) is 28.9 Å². The number of carbonyl (C=O) groups is 3. The van der Waals surface area contributed by atoms with Crippen molar-refractivity contribution in [2.45, 2.75) is 18.9 Å². The Morgan fingerprint density at radius 3 is 2.60 bits per heavy atom. The van der Waals surface area contributed by atoms with E-state index in [1.54, 1.807) is 55.6 Å². The van der Waals surface area contributed by atoms with Crippen molar-refractivity contribution < 1.29 is 23.9 Å². The van der Waals surface area contributed by atoms with E-state index >= 15 is 0 Å². The Kier molecular flexibility index (Phi) is 4.46. The van der Waals surface area contributed by atoms with Gasteiger partial charge in [0.15, 0.2) is 0 Å². The van der Waals surface area contributed by atoms with E-state index < -0.39 is 0 Å². The molecule has 1 saturated heterocycles. The van der Waals surface area contributed by atoms with Gasteiger partial charge in [-0.25, -0.2) is 0 Å². The van der Waals surface area contributed by atoms with Crippen molar-refractivity contribution in [1.82, 2.24) is 0 Å². The van der Waals surface area contributed by atoms with Gasteiger partial charge in [-0.3, -0.25) is 14.4 Å². The van der Waals surface area contributed by atoms with Crippen LogP contribution in [0, 0.1) is 23.7 Å². The zero-order valence-electron chi connectivity index (χ0n) is 16.5. The van der Waals surface area contributed by atoms with Gasteiger partial charge >= 0.3 is 5.97 Å². The quantitative estimate of drug-likeness (QED) is 0.745. The highest BCUT2D eigenvalue weighted by Crippen LogP contribution is 2.57. The third-order valence-electron chi connectivity index (χ3n) is 6.51. The number of nitrogens with one attached hydrogen (secondary N) is 2. The SMILES string of the molecule is COc1cccc(NC(=O)c2cccc(NC(=O)C3C4CC5OC(=O)C3C5C4)c2)c1. The number of rotatable bonds is 5. The van der Waals surface area contributed by atoms with Crippen LogP contribution in [0.3, 0.4) is 0 Å². The fourth-order valence-electron chi connectivity index (χ4n) is 5.23. The minimum Gasteiger partial charge on any atom is -0.497 e. The molecular weight excluding hydrogens is 384 g/mol. The lowest BCUT2D eigenvalue weighted by molar-refractivity contribution is -0.145. The molecule has 3 aliphatic rings. The van der Waals surface area contributed by atoms with Crippen molar-refractivity contribution in [2.24, 2.45) is 23.7 Å². The average molecular weight is 406 g/mol. The molecule has 2 N–H and O–H groups in total. The van der Waals surface area contributed by atoms with Crippen LogP contribution >= 0.6 is 0 Å². The molecule has 1 heterocycles. The number of amides is 2. The average Bonchev–Trinajstić information content (AvgIpc) is 3.37. The first-order valence-electron chi connectivity index (χ1n) is 10.1. The van der Waals surface area contributed by atoms with Crippen LogP contribution in [0.5, 0.6) is 5.75 Å². The summed E-state index contributed by atoms with van der Waals surface area (Å²) in [6, 6.07) is 13.9. The minimum absolute atomic E-state index is 0.000171. The maximum atomic E-state index is 12.9. The summed E-state index contributed by atoms with van der Waals surface area (Å²) in [5.41, 5.74) is 1.57. The van der Waals surface area contributed by atoms with Crippen LogP contribution in [0.15, 0.2) is 48.5 Å². The molecule has 2 aliphatic carbocycles. The van der Waals surface area contributed by atoms with E-state index in [4.69, 9.17) is 9.47 Å². The Labute approximate surface area is 173 Å². The predicted molar refractivity (Wildman–Crippen MR) is 109 cm³/mol. The maximum Gasteiger partial charge on any atom is 0.310 e. The Bertz CT molecular complexity index is 1030. The fourth-order valence-corrected chi connectivity index (χ4v) is 5.23. The molecular formula is C23H22N2O5. The van der Waals surface area contributed by atoms with Gasteiger partial charge in [-0.15, -0.1) is 0 Å². The van der Waals surface area contributed by atoms with E-state index in [0.29, 0.717) is 22.7 Å². The molecule has 0 aromatic heterocycles. The summed E-state index contributed by atoms with van der Waals surface area (Å²) in [5, 5.41) is 5.73. The zero-order valence-corrected chi connectivity index (χ0v) is 16.5. The minimum atomic E-state index is -0.351. The maximum absolute atomic E-state index is 12.9. The number of esters is 1. The Hall–Kier alpha value is -3.35. The van der Waals surface area contributed by atoms with E-state index in [0.717, 1.165) is 12.8 Å². The zero-order chi connectivity index (χ0) is 20.8. The van der Waals surface area contributed by atoms with Crippen LogP contribution < -0.4 is 15.4 Å². The number of fused-ring (bicyclic) bond motifs is 1. The van der Waals surface area contributed by atoms with Crippen molar-refractivity contribution in [1.29, 1.82) is 0 Å². The number of ether oxygens (including phenoxy) is 2. The molecule has 5 atom stereocenters. The number of anilines is 2. The monoisotopic (exact) mass is 406 g/mol.